The van der Waals surface area contributed by atoms with Gasteiger partial charge in [-0.05, 0) is 25.2 Å². The second kappa shape index (κ2) is 4.31. The first-order valence-electron chi connectivity index (χ1n) is 5.10. The smallest absolute Gasteiger partial charge is 0.127 e. The molecule has 2 N–H and O–H groups in total. The molecule has 0 aliphatic carbocycles. The molecule has 0 radical (unpaired) electrons. The maximum absolute atomic E-state index is 5.70. The Balaban J connectivity index is 2.27. The Labute approximate surface area is 88.7 Å². The molecule has 1 unspecified atom stereocenters. The van der Waals surface area contributed by atoms with E-state index < -0.39 is 0 Å². The number of hydrogen-bond acceptors (Lipinski definition) is 3. The van der Waals surface area contributed by atoms with Gasteiger partial charge in [0.15, 0.2) is 0 Å². The minimum absolute atomic E-state index is 0.0489. The molecular weight excluding hydrogens is 190 g/mol. The Morgan fingerprint density at radius 1 is 1.47 bits per heavy atom. The number of nitrogens with zero attached hydrogens (tertiary/aromatic N) is 1. The molecule has 0 saturated heterocycles. The lowest BCUT2D eigenvalue weighted by atomic mass is 10.1. The third-order valence-corrected chi connectivity index (χ3v) is 2.44. The molecule has 4 nitrogen and oxygen atoms in total. The summed E-state index contributed by atoms with van der Waals surface area (Å²) in [6.45, 7) is 2.08. The van der Waals surface area contributed by atoms with E-state index in [4.69, 9.17) is 4.42 Å². The Morgan fingerprint density at radius 3 is 2.87 bits per heavy atom. The fraction of sp³-hybridized carbons (Fsp3) is 0.364. The lowest BCUT2D eigenvalue weighted by molar-refractivity contribution is 0.430. The van der Waals surface area contributed by atoms with E-state index in [1.807, 2.05) is 25.2 Å². The number of hydrogen-bond donors (Lipinski definition) is 2. The lowest BCUT2D eigenvalue weighted by Crippen LogP contribution is -2.17. The predicted octanol–water partition coefficient (Wildman–Crippen LogP) is 1.87. The first-order valence-corrected chi connectivity index (χ1v) is 5.10. The summed E-state index contributed by atoms with van der Waals surface area (Å²) in [6, 6.07) is 6.00. The van der Waals surface area contributed by atoms with Gasteiger partial charge in [-0.2, -0.15) is 5.10 Å². The van der Waals surface area contributed by atoms with Crippen LogP contribution >= 0.6 is 0 Å². The van der Waals surface area contributed by atoms with Crippen molar-refractivity contribution in [1.82, 2.24) is 15.5 Å². The minimum Gasteiger partial charge on any atom is -0.464 e. The SMILES string of the molecule is CCc1ccc(C(NC)c2ccn[nH]2)o1. The monoisotopic (exact) mass is 205 g/mol. The van der Waals surface area contributed by atoms with Crippen molar-refractivity contribution in [3.05, 3.63) is 41.6 Å². The van der Waals surface area contributed by atoms with Crippen LogP contribution in [0, 0.1) is 0 Å². The van der Waals surface area contributed by atoms with Crippen LogP contribution in [0.2, 0.25) is 0 Å². The zero-order valence-electron chi connectivity index (χ0n) is 8.95. The van der Waals surface area contributed by atoms with E-state index >= 15 is 0 Å². The molecule has 2 rings (SSSR count). The van der Waals surface area contributed by atoms with Gasteiger partial charge in [-0.25, -0.2) is 0 Å². The molecule has 2 aromatic rings. The molecule has 2 heterocycles. The summed E-state index contributed by atoms with van der Waals surface area (Å²) in [4.78, 5) is 0. The van der Waals surface area contributed by atoms with E-state index in [1.165, 1.54) is 0 Å². The van der Waals surface area contributed by atoms with Crippen molar-refractivity contribution >= 4 is 0 Å². The second-order valence-electron chi connectivity index (χ2n) is 3.39. The average Bonchev–Trinajstić information content (AvgIpc) is 2.89. The fourth-order valence-corrected chi connectivity index (χ4v) is 1.62. The Kier molecular flexibility index (Phi) is 2.87. The molecule has 0 aliphatic rings. The van der Waals surface area contributed by atoms with E-state index in [1.54, 1.807) is 6.20 Å². The van der Waals surface area contributed by atoms with E-state index in [9.17, 15) is 0 Å². The van der Waals surface area contributed by atoms with Crippen LogP contribution < -0.4 is 5.32 Å². The molecule has 0 saturated carbocycles. The van der Waals surface area contributed by atoms with Gasteiger partial charge in [0.1, 0.15) is 17.6 Å². The third kappa shape index (κ3) is 1.94. The van der Waals surface area contributed by atoms with E-state index in [0.29, 0.717) is 0 Å². The minimum atomic E-state index is 0.0489. The van der Waals surface area contributed by atoms with Gasteiger partial charge in [-0.15, -0.1) is 0 Å². The van der Waals surface area contributed by atoms with E-state index in [0.717, 1.165) is 23.6 Å². The van der Waals surface area contributed by atoms with Gasteiger partial charge in [-0.1, -0.05) is 6.92 Å². The molecule has 4 heteroatoms. The largest absolute Gasteiger partial charge is 0.464 e. The summed E-state index contributed by atoms with van der Waals surface area (Å²) in [5.74, 6) is 1.92. The summed E-state index contributed by atoms with van der Waals surface area (Å²) in [7, 11) is 1.90. The van der Waals surface area contributed by atoms with Crippen LogP contribution in [-0.2, 0) is 6.42 Å². The van der Waals surface area contributed by atoms with Crippen LogP contribution in [0.5, 0.6) is 0 Å². The van der Waals surface area contributed by atoms with Gasteiger partial charge in [0.2, 0.25) is 0 Å². The number of aryl methyl sites for hydroxylation is 1. The highest BCUT2D eigenvalue weighted by molar-refractivity contribution is 5.20. The standard InChI is InChI=1S/C11H15N3O/c1-3-8-4-5-10(15-8)11(12-2)9-6-7-13-14-9/h4-7,11-12H,3H2,1-2H3,(H,13,14). The van der Waals surface area contributed by atoms with Gasteiger partial charge < -0.3 is 9.73 Å². The topological polar surface area (TPSA) is 53.9 Å². The average molecular weight is 205 g/mol. The number of furan rings is 1. The summed E-state index contributed by atoms with van der Waals surface area (Å²) in [5, 5.41) is 10.1. The van der Waals surface area contributed by atoms with Gasteiger partial charge in [-0.3, -0.25) is 5.10 Å². The van der Waals surface area contributed by atoms with Gasteiger partial charge in [0.25, 0.3) is 0 Å². The molecule has 0 bridgehead atoms. The number of nitrogens with one attached hydrogen (secondary N) is 2. The molecule has 80 valence electrons. The van der Waals surface area contributed by atoms with Crippen molar-refractivity contribution in [1.29, 1.82) is 0 Å². The van der Waals surface area contributed by atoms with Crippen LogP contribution in [0.4, 0.5) is 0 Å². The number of aromatic amines is 1. The molecule has 0 fully saturated rings. The number of H-pyrrole nitrogens is 1. The Hall–Kier alpha value is -1.55. The van der Waals surface area contributed by atoms with Crippen molar-refractivity contribution in [3.8, 4) is 0 Å². The molecule has 15 heavy (non-hydrogen) atoms. The van der Waals surface area contributed by atoms with Gasteiger partial charge in [0.05, 0.1) is 5.69 Å². The van der Waals surface area contributed by atoms with Gasteiger partial charge in [0, 0.05) is 12.6 Å². The molecule has 2 aromatic heterocycles. The van der Waals surface area contributed by atoms with Crippen molar-refractivity contribution in [2.45, 2.75) is 19.4 Å². The van der Waals surface area contributed by atoms with Crippen molar-refractivity contribution in [2.75, 3.05) is 7.05 Å². The molecule has 0 aliphatic heterocycles. The molecular formula is C11H15N3O. The zero-order chi connectivity index (χ0) is 10.7. The fourth-order valence-electron chi connectivity index (χ4n) is 1.62. The molecule has 0 aromatic carbocycles. The second-order valence-corrected chi connectivity index (χ2v) is 3.39. The lowest BCUT2D eigenvalue weighted by Gasteiger charge is -2.10. The first-order chi connectivity index (χ1) is 7.35. The van der Waals surface area contributed by atoms with Crippen LogP contribution in [0.15, 0.2) is 28.8 Å². The van der Waals surface area contributed by atoms with E-state index in [-0.39, 0.29) is 6.04 Å². The normalized spacial score (nSPS) is 12.9. The highest BCUT2D eigenvalue weighted by Gasteiger charge is 2.16. The maximum atomic E-state index is 5.70. The first kappa shape index (κ1) is 9.98. The Bertz CT molecular complexity index is 405. The van der Waals surface area contributed by atoms with Crippen LogP contribution in [-0.4, -0.2) is 17.2 Å². The van der Waals surface area contributed by atoms with Crippen molar-refractivity contribution < 1.29 is 4.42 Å². The molecule has 0 spiro atoms. The molecule has 1 atom stereocenters. The number of aromatic nitrogens is 2. The summed E-state index contributed by atoms with van der Waals surface area (Å²) in [5.41, 5.74) is 1.01. The van der Waals surface area contributed by atoms with Crippen LogP contribution in [0.1, 0.15) is 30.2 Å². The number of rotatable bonds is 4. The highest BCUT2D eigenvalue weighted by atomic mass is 16.3. The van der Waals surface area contributed by atoms with Crippen molar-refractivity contribution in [2.24, 2.45) is 0 Å². The summed E-state index contributed by atoms with van der Waals surface area (Å²) in [6.07, 6.45) is 2.66. The van der Waals surface area contributed by atoms with Crippen molar-refractivity contribution in [3.63, 3.8) is 0 Å². The summed E-state index contributed by atoms with van der Waals surface area (Å²) < 4.78 is 5.70. The van der Waals surface area contributed by atoms with Gasteiger partial charge >= 0.3 is 0 Å². The zero-order valence-corrected chi connectivity index (χ0v) is 8.95. The molecule has 0 amide bonds. The van der Waals surface area contributed by atoms with Crippen LogP contribution in [0.3, 0.4) is 0 Å². The Morgan fingerprint density at radius 2 is 2.33 bits per heavy atom. The highest BCUT2D eigenvalue weighted by Crippen LogP contribution is 2.21. The van der Waals surface area contributed by atoms with Crippen LogP contribution in [0.25, 0.3) is 0 Å². The quantitative estimate of drug-likeness (QED) is 0.801. The summed E-state index contributed by atoms with van der Waals surface area (Å²) >= 11 is 0. The maximum Gasteiger partial charge on any atom is 0.127 e. The predicted molar refractivity (Wildman–Crippen MR) is 57.6 cm³/mol. The third-order valence-electron chi connectivity index (χ3n) is 2.44. The van der Waals surface area contributed by atoms with E-state index in [2.05, 4.69) is 22.4 Å².